The minimum absolute atomic E-state index is 0.188. The summed E-state index contributed by atoms with van der Waals surface area (Å²) in [6.07, 6.45) is 2.20. The fourth-order valence-electron chi connectivity index (χ4n) is 1.61. The molecule has 15 heavy (non-hydrogen) atoms. The molecule has 0 aromatic rings. The zero-order valence-corrected chi connectivity index (χ0v) is 10.5. The van der Waals surface area contributed by atoms with Crippen LogP contribution >= 0.6 is 11.8 Å². The van der Waals surface area contributed by atoms with Crippen LogP contribution < -0.4 is 10.6 Å². The van der Waals surface area contributed by atoms with Crippen LogP contribution in [0, 0.1) is 5.92 Å². The van der Waals surface area contributed by atoms with E-state index >= 15 is 0 Å². The van der Waals surface area contributed by atoms with E-state index in [1.54, 1.807) is 11.8 Å². The van der Waals surface area contributed by atoms with Crippen LogP contribution in [0.1, 0.15) is 26.7 Å². The predicted molar refractivity (Wildman–Crippen MR) is 66.2 cm³/mol. The highest BCUT2D eigenvalue weighted by Crippen LogP contribution is 2.11. The van der Waals surface area contributed by atoms with Crippen molar-refractivity contribution in [3.05, 3.63) is 0 Å². The molecule has 1 amide bonds. The molecule has 0 saturated carbocycles. The summed E-state index contributed by atoms with van der Waals surface area (Å²) >= 11 is 1.75. The van der Waals surface area contributed by atoms with Gasteiger partial charge in [-0.2, -0.15) is 11.8 Å². The Labute approximate surface area is 96.8 Å². The molecule has 0 aromatic heterocycles. The first-order chi connectivity index (χ1) is 7.22. The van der Waals surface area contributed by atoms with Gasteiger partial charge in [0.05, 0.1) is 5.75 Å². The van der Waals surface area contributed by atoms with E-state index in [0.717, 1.165) is 37.6 Å². The van der Waals surface area contributed by atoms with Gasteiger partial charge in [-0.1, -0.05) is 13.3 Å². The molecule has 0 aromatic carbocycles. The average Bonchev–Trinajstić information content (AvgIpc) is 2.09. The van der Waals surface area contributed by atoms with Gasteiger partial charge in [-0.15, -0.1) is 0 Å². The summed E-state index contributed by atoms with van der Waals surface area (Å²) in [6.45, 7) is 6.46. The Balaban J connectivity index is 1.97. The van der Waals surface area contributed by atoms with E-state index in [1.165, 1.54) is 0 Å². The Morgan fingerprint density at radius 1 is 1.60 bits per heavy atom. The maximum atomic E-state index is 11.5. The summed E-state index contributed by atoms with van der Waals surface area (Å²) in [4.78, 5) is 11.5. The molecule has 1 heterocycles. The number of nitrogens with one attached hydrogen (secondary N) is 2. The summed E-state index contributed by atoms with van der Waals surface area (Å²) in [6, 6.07) is 0.327. The van der Waals surface area contributed by atoms with Crippen molar-refractivity contribution in [1.29, 1.82) is 0 Å². The Morgan fingerprint density at radius 2 is 2.33 bits per heavy atom. The van der Waals surface area contributed by atoms with Crippen molar-refractivity contribution in [3.8, 4) is 0 Å². The van der Waals surface area contributed by atoms with Gasteiger partial charge in [0, 0.05) is 6.04 Å². The van der Waals surface area contributed by atoms with Gasteiger partial charge in [-0.3, -0.25) is 4.79 Å². The fraction of sp³-hybridized carbons (Fsp3) is 0.909. The number of carbonyl (C=O) groups excluding carboxylic acids is 1. The molecule has 4 heteroatoms. The van der Waals surface area contributed by atoms with E-state index in [4.69, 9.17) is 0 Å². The lowest BCUT2D eigenvalue weighted by atomic mass is 10.1. The second-order valence-corrected chi connectivity index (χ2v) is 5.33. The largest absolute Gasteiger partial charge is 0.353 e. The van der Waals surface area contributed by atoms with Crippen LogP contribution in [-0.2, 0) is 4.79 Å². The van der Waals surface area contributed by atoms with Crippen LogP contribution in [0.15, 0.2) is 0 Å². The lowest BCUT2D eigenvalue weighted by Crippen LogP contribution is -2.43. The Morgan fingerprint density at radius 3 is 2.87 bits per heavy atom. The molecule has 3 nitrogen and oxygen atoms in total. The summed E-state index contributed by atoms with van der Waals surface area (Å²) in [5.41, 5.74) is 0. The molecular weight excluding hydrogens is 208 g/mol. The van der Waals surface area contributed by atoms with Gasteiger partial charge in [0.2, 0.25) is 5.91 Å². The Bertz CT molecular complexity index is 195. The van der Waals surface area contributed by atoms with Gasteiger partial charge in [0.25, 0.3) is 0 Å². The summed E-state index contributed by atoms with van der Waals surface area (Å²) in [7, 11) is 0. The number of hydrogen-bond donors (Lipinski definition) is 2. The van der Waals surface area contributed by atoms with E-state index in [1.807, 2.05) is 0 Å². The number of amides is 1. The second-order valence-electron chi connectivity index (χ2n) is 4.30. The normalized spacial score (nSPS) is 18.3. The molecule has 1 aliphatic rings. The van der Waals surface area contributed by atoms with Gasteiger partial charge < -0.3 is 10.6 Å². The van der Waals surface area contributed by atoms with Crippen LogP contribution in [0.5, 0.6) is 0 Å². The third-order valence-corrected chi connectivity index (χ3v) is 3.76. The van der Waals surface area contributed by atoms with Crippen LogP contribution in [0.3, 0.4) is 0 Å². The number of rotatable bonds is 7. The SMILES string of the molecule is CCCC(C)NC(=O)CSCC1CNC1. The molecule has 1 saturated heterocycles. The quantitative estimate of drug-likeness (QED) is 0.691. The van der Waals surface area contributed by atoms with Gasteiger partial charge in [0.1, 0.15) is 0 Å². The van der Waals surface area contributed by atoms with E-state index in [9.17, 15) is 4.79 Å². The first-order valence-electron chi connectivity index (χ1n) is 5.80. The van der Waals surface area contributed by atoms with Crippen molar-refractivity contribution >= 4 is 17.7 Å². The molecule has 1 aliphatic heterocycles. The lowest BCUT2D eigenvalue weighted by molar-refractivity contribution is -0.119. The Hall–Kier alpha value is -0.220. The van der Waals surface area contributed by atoms with Crippen LogP contribution in [-0.4, -0.2) is 36.5 Å². The topological polar surface area (TPSA) is 41.1 Å². The molecule has 0 aliphatic carbocycles. The van der Waals surface area contributed by atoms with Gasteiger partial charge in [-0.25, -0.2) is 0 Å². The predicted octanol–water partition coefficient (Wildman–Crippen LogP) is 1.24. The third-order valence-electron chi connectivity index (χ3n) is 2.58. The van der Waals surface area contributed by atoms with E-state index in [0.29, 0.717) is 11.8 Å². The first kappa shape index (κ1) is 12.8. The monoisotopic (exact) mass is 230 g/mol. The van der Waals surface area contributed by atoms with E-state index in [2.05, 4.69) is 24.5 Å². The van der Waals surface area contributed by atoms with E-state index in [-0.39, 0.29) is 5.91 Å². The van der Waals surface area contributed by atoms with Crippen molar-refractivity contribution in [3.63, 3.8) is 0 Å². The number of thioether (sulfide) groups is 1. The number of hydrogen-bond acceptors (Lipinski definition) is 3. The maximum absolute atomic E-state index is 11.5. The van der Waals surface area contributed by atoms with Crippen molar-refractivity contribution in [2.45, 2.75) is 32.7 Å². The van der Waals surface area contributed by atoms with Crippen molar-refractivity contribution in [1.82, 2.24) is 10.6 Å². The standard InChI is InChI=1S/C11H22N2OS/c1-3-4-9(2)13-11(14)8-15-7-10-5-12-6-10/h9-10,12H,3-8H2,1-2H3,(H,13,14). The molecule has 1 unspecified atom stereocenters. The lowest BCUT2D eigenvalue weighted by Gasteiger charge is -2.26. The molecular formula is C11H22N2OS. The van der Waals surface area contributed by atoms with Crippen molar-refractivity contribution < 1.29 is 4.79 Å². The first-order valence-corrected chi connectivity index (χ1v) is 6.95. The average molecular weight is 230 g/mol. The van der Waals surface area contributed by atoms with Crippen LogP contribution in [0.25, 0.3) is 0 Å². The molecule has 0 bridgehead atoms. The highest BCUT2D eigenvalue weighted by atomic mass is 32.2. The number of carbonyl (C=O) groups is 1. The maximum Gasteiger partial charge on any atom is 0.230 e. The second kappa shape index (κ2) is 7.12. The smallest absolute Gasteiger partial charge is 0.230 e. The van der Waals surface area contributed by atoms with Crippen molar-refractivity contribution in [2.24, 2.45) is 5.92 Å². The van der Waals surface area contributed by atoms with Gasteiger partial charge in [-0.05, 0) is 38.1 Å². The molecule has 0 spiro atoms. The molecule has 1 rings (SSSR count). The highest BCUT2D eigenvalue weighted by Gasteiger charge is 2.16. The van der Waals surface area contributed by atoms with E-state index < -0.39 is 0 Å². The van der Waals surface area contributed by atoms with Gasteiger partial charge in [0.15, 0.2) is 0 Å². The van der Waals surface area contributed by atoms with Crippen molar-refractivity contribution in [2.75, 3.05) is 24.6 Å². The molecule has 0 radical (unpaired) electrons. The highest BCUT2D eigenvalue weighted by molar-refractivity contribution is 7.99. The zero-order valence-electron chi connectivity index (χ0n) is 9.71. The molecule has 2 N–H and O–H groups in total. The summed E-state index contributed by atoms with van der Waals surface area (Å²) < 4.78 is 0. The van der Waals surface area contributed by atoms with Crippen LogP contribution in [0.4, 0.5) is 0 Å². The zero-order chi connectivity index (χ0) is 11.1. The molecule has 1 atom stereocenters. The van der Waals surface area contributed by atoms with Crippen LogP contribution in [0.2, 0.25) is 0 Å². The minimum Gasteiger partial charge on any atom is -0.353 e. The van der Waals surface area contributed by atoms with Gasteiger partial charge >= 0.3 is 0 Å². The minimum atomic E-state index is 0.188. The fourth-order valence-corrected chi connectivity index (χ4v) is 2.56. The summed E-state index contributed by atoms with van der Waals surface area (Å²) in [5, 5.41) is 6.25. The Kier molecular flexibility index (Phi) is 6.10. The molecule has 1 fully saturated rings. The molecule has 88 valence electrons. The summed E-state index contributed by atoms with van der Waals surface area (Å²) in [5.74, 6) is 2.71. The third kappa shape index (κ3) is 5.42.